The van der Waals surface area contributed by atoms with E-state index in [4.69, 9.17) is 5.73 Å². The lowest BCUT2D eigenvalue weighted by Crippen LogP contribution is -2.22. The predicted octanol–water partition coefficient (Wildman–Crippen LogP) is -1.07. The Kier molecular flexibility index (Phi) is 2.93. The highest BCUT2D eigenvalue weighted by Crippen LogP contribution is 2.54. The normalized spacial score (nSPS) is 30.1. The number of aliphatic hydroxyl groups excluding tert-OH is 2. The molecule has 108 valence electrons. The largest absolute Gasteiger partial charge is 0.390 e. The van der Waals surface area contributed by atoms with Crippen LogP contribution in [0.1, 0.15) is 6.04 Å². The first-order valence-corrected chi connectivity index (χ1v) is 8.28. The molecular formula is C10H14N5O4P. The van der Waals surface area contributed by atoms with Crippen molar-refractivity contribution in [1.29, 1.82) is 0 Å². The van der Waals surface area contributed by atoms with E-state index in [-0.39, 0.29) is 29.4 Å². The molecule has 0 saturated carbocycles. The maximum atomic E-state index is 12.2. The number of fused-ring (bicyclic) bond motifs is 1. The lowest BCUT2D eigenvalue weighted by atomic mass is 10.2. The van der Waals surface area contributed by atoms with Crippen molar-refractivity contribution in [3.63, 3.8) is 0 Å². The van der Waals surface area contributed by atoms with Gasteiger partial charge in [-0.15, -0.1) is 0 Å². The number of nitrogen functional groups attached to an aromatic ring is 1. The summed E-state index contributed by atoms with van der Waals surface area (Å²) in [6.07, 6.45) is 0.237. The van der Waals surface area contributed by atoms with E-state index in [9.17, 15) is 19.6 Å². The SMILES string of the molecule is Nc1nc2c(ncn2[C@H]2C[P@](=O)(CO)C[C@@H]2O)c(=O)[nH]1. The number of H-pyrrole nitrogens is 1. The number of hydrogen-bond donors (Lipinski definition) is 4. The zero-order valence-electron chi connectivity index (χ0n) is 10.4. The fourth-order valence-corrected chi connectivity index (χ4v) is 4.98. The summed E-state index contributed by atoms with van der Waals surface area (Å²) in [6, 6.07) is -0.535. The Morgan fingerprint density at radius 2 is 2.30 bits per heavy atom. The zero-order valence-corrected chi connectivity index (χ0v) is 11.3. The van der Waals surface area contributed by atoms with Gasteiger partial charge in [0.15, 0.2) is 11.2 Å². The second-order valence-corrected chi connectivity index (χ2v) is 8.10. The van der Waals surface area contributed by atoms with E-state index in [2.05, 4.69) is 15.0 Å². The van der Waals surface area contributed by atoms with Gasteiger partial charge in [-0.3, -0.25) is 9.78 Å². The van der Waals surface area contributed by atoms with E-state index >= 15 is 0 Å². The standard InChI is InChI=1S/C10H14N5O4P/c11-10-13-8-7(9(18)14-10)12-3-15(8)5-1-20(19,4-16)2-6(5)17/h3,5-6,16-17H,1-2,4H2,(H3,11,13,14,18)/t5-,6-,20+/m0/s1. The van der Waals surface area contributed by atoms with Crippen molar-refractivity contribution in [2.45, 2.75) is 12.1 Å². The van der Waals surface area contributed by atoms with Gasteiger partial charge >= 0.3 is 0 Å². The molecule has 3 heterocycles. The number of aliphatic hydroxyl groups is 2. The summed E-state index contributed by atoms with van der Waals surface area (Å²) < 4.78 is 13.7. The van der Waals surface area contributed by atoms with E-state index in [0.29, 0.717) is 0 Å². The molecule has 1 aliphatic rings. The number of imidazole rings is 1. The fourth-order valence-electron chi connectivity index (χ4n) is 2.57. The van der Waals surface area contributed by atoms with Crippen LogP contribution in [0, 0.1) is 0 Å². The van der Waals surface area contributed by atoms with Gasteiger partial charge in [-0.05, 0) is 0 Å². The van der Waals surface area contributed by atoms with Crippen molar-refractivity contribution >= 4 is 24.3 Å². The lowest BCUT2D eigenvalue weighted by Gasteiger charge is -2.15. The number of nitrogens with two attached hydrogens (primary N) is 1. The predicted molar refractivity (Wildman–Crippen MR) is 72.0 cm³/mol. The molecule has 20 heavy (non-hydrogen) atoms. The quantitative estimate of drug-likeness (QED) is 0.516. The molecule has 0 unspecified atom stereocenters. The van der Waals surface area contributed by atoms with Crippen LogP contribution in [0.2, 0.25) is 0 Å². The third kappa shape index (κ3) is 1.94. The van der Waals surface area contributed by atoms with E-state index in [0.717, 1.165) is 0 Å². The first-order valence-electron chi connectivity index (χ1n) is 6.02. The Balaban J connectivity index is 2.12. The summed E-state index contributed by atoms with van der Waals surface area (Å²) >= 11 is 0. The van der Waals surface area contributed by atoms with Crippen LogP contribution < -0.4 is 11.3 Å². The molecule has 0 amide bonds. The van der Waals surface area contributed by atoms with Crippen LogP contribution in [0.15, 0.2) is 11.1 Å². The monoisotopic (exact) mass is 299 g/mol. The number of nitrogens with one attached hydrogen (secondary N) is 1. The molecule has 2 aromatic rings. The minimum absolute atomic E-state index is 0.0481. The van der Waals surface area contributed by atoms with Gasteiger partial charge in [0.2, 0.25) is 5.95 Å². The molecule has 9 nitrogen and oxygen atoms in total. The molecule has 0 aromatic carbocycles. The molecule has 3 atom stereocenters. The molecule has 1 saturated heterocycles. The first kappa shape index (κ1) is 13.3. The molecule has 2 aromatic heterocycles. The Morgan fingerprint density at radius 1 is 1.55 bits per heavy atom. The van der Waals surface area contributed by atoms with Crippen LogP contribution in [-0.4, -0.2) is 54.5 Å². The van der Waals surface area contributed by atoms with Gasteiger partial charge in [-0.25, -0.2) is 4.98 Å². The van der Waals surface area contributed by atoms with Gasteiger partial charge in [0.1, 0.15) is 7.14 Å². The van der Waals surface area contributed by atoms with Crippen LogP contribution in [0.5, 0.6) is 0 Å². The van der Waals surface area contributed by atoms with Crippen LogP contribution in [0.4, 0.5) is 5.95 Å². The summed E-state index contributed by atoms with van der Waals surface area (Å²) in [4.78, 5) is 22.0. The van der Waals surface area contributed by atoms with Crippen LogP contribution in [0.25, 0.3) is 11.2 Å². The Morgan fingerprint density at radius 3 is 2.95 bits per heavy atom. The van der Waals surface area contributed by atoms with E-state index in [1.807, 2.05) is 0 Å². The third-order valence-electron chi connectivity index (χ3n) is 3.55. The second kappa shape index (κ2) is 4.41. The van der Waals surface area contributed by atoms with Gasteiger partial charge in [-0.1, -0.05) is 0 Å². The summed E-state index contributed by atoms with van der Waals surface area (Å²) in [5.41, 5.74) is 5.38. The van der Waals surface area contributed by atoms with Crippen molar-refractivity contribution in [1.82, 2.24) is 19.5 Å². The lowest BCUT2D eigenvalue weighted by molar-refractivity contribution is 0.154. The topological polar surface area (TPSA) is 147 Å². The van der Waals surface area contributed by atoms with Gasteiger partial charge in [0.25, 0.3) is 5.56 Å². The number of nitrogens with zero attached hydrogens (tertiary/aromatic N) is 3. The minimum Gasteiger partial charge on any atom is -0.390 e. The number of rotatable bonds is 2. The van der Waals surface area contributed by atoms with Gasteiger partial charge in [-0.2, -0.15) is 4.98 Å². The number of anilines is 1. The molecular weight excluding hydrogens is 285 g/mol. The summed E-state index contributed by atoms with van der Waals surface area (Å²) in [7, 11) is -2.79. The smallest absolute Gasteiger partial charge is 0.280 e. The summed E-state index contributed by atoms with van der Waals surface area (Å²) in [5.74, 6) is -0.0536. The molecule has 0 spiro atoms. The maximum Gasteiger partial charge on any atom is 0.280 e. The molecule has 0 bridgehead atoms. The van der Waals surface area contributed by atoms with Crippen molar-refractivity contribution in [2.75, 3.05) is 24.4 Å². The molecule has 1 fully saturated rings. The van der Waals surface area contributed by atoms with Gasteiger partial charge in [0.05, 0.1) is 24.8 Å². The number of hydrogen-bond acceptors (Lipinski definition) is 7. The molecule has 1 aliphatic heterocycles. The number of aromatic nitrogens is 4. The zero-order chi connectivity index (χ0) is 14.5. The van der Waals surface area contributed by atoms with Crippen LogP contribution >= 0.6 is 7.14 Å². The van der Waals surface area contributed by atoms with Crippen molar-refractivity contribution < 1.29 is 14.8 Å². The molecule has 10 heteroatoms. The van der Waals surface area contributed by atoms with Crippen molar-refractivity contribution in [3.8, 4) is 0 Å². The van der Waals surface area contributed by atoms with Crippen LogP contribution in [-0.2, 0) is 4.57 Å². The Hall–Kier alpha value is -1.70. The Labute approximate surface area is 112 Å². The molecule has 0 radical (unpaired) electrons. The second-order valence-electron chi connectivity index (χ2n) is 4.97. The van der Waals surface area contributed by atoms with Crippen LogP contribution in [0.3, 0.4) is 0 Å². The summed E-state index contributed by atoms with van der Waals surface area (Å²) in [5, 5.41) is 19.2. The number of aromatic amines is 1. The Bertz CT molecular complexity index is 769. The summed E-state index contributed by atoms with van der Waals surface area (Å²) in [6.45, 7) is 0. The highest BCUT2D eigenvalue weighted by Gasteiger charge is 2.42. The molecule has 5 N–H and O–H groups in total. The highest BCUT2D eigenvalue weighted by atomic mass is 31.2. The highest BCUT2D eigenvalue weighted by molar-refractivity contribution is 7.64. The van der Waals surface area contributed by atoms with Gasteiger partial charge in [0, 0.05) is 12.3 Å². The average molecular weight is 299 g/mol. The third-order valence-corrected chi connectivity index (χ3v) is 6.14. The van der Waals surface area contributed by atoms with E-state index in [1.54, 1.807) is 0 Å². The van der Waals surface area contributed by atoms with Crippen molar-refractivity contribution in [3.05, 3.63) is 16.7 Å². The first-order chi connectivity index (χ1) is 9.43. The molecule has 0 aliphatic carbocycles. The van der Waals surface area contributed by atoms with Gasteiger partial charge < -0.3 is 25.1 Å². The van der Waals surface area contributed by atoms with Crippen molar-refractivity contribution in [2.24, 2.45) is 0 Å². The minimum atomic E-state index is -2.79. The maximum absolute atomic E-state index is 12.2. The van der Waals surface area contributed by atoms with E-state index < -0.39 is 31.2 Å². The average Bonchev–Trinajstić information content (AvgIpc) is 2.91. The molecule has 3 rings (SSSR count). The van der Waals surface area contributed by atoms with E-state index in [1.165, 1.54) is 10.9 Å². The fraction of sp³-hybridized carbons (Fsp3) is 0.500.